The van der Waals surface area contributed by atoms with Gasteiger partial charge in [-0.1, -0.05) is 30.3 Å². The van der Waals surface area contributed by atoms with E-state index >= 15 is 0 Å². The quantitative estimate of drug-likeness (QED) is 0.880. The van der Waals surface area contributed by atoms with Crippen molar-refractivity contribution in [2.45, 2.75) is 44.2 Å². The predicted molar refractivity (Wildman–Crippen MR) is 73.0 cm³/mol. The number of hydrogen-bond donors (Lipinski definition) is 2. The SMILES string of the molecule is CC(C)(C)OC(=O)NC1(CO)CC1c1ccccc1. The lowest BCUT2D eigenvalue weighted by Gasteiger charge is -2.23. The second kappa shape index (κ2) is 4.85. The van der Waals surface area contributed by atoms with E-state index in [1.54, 1.807) is 0 Å². The summed E-state index contributed by atoms with van der Waals surface area (Å²) in [7, 11) is 0. The zero-order chi connectivity index (χ0) is 14.1. The zero-order valence-electron chi connectivity index (χ0n) is 11.6. The first-order chi connectivity index (χ1) is 8.86. The van der Waals surface area contributed by atoms with E-state index in [2.05, 4.69) is 5.32 Å². The number of nitrogens with one attached hydrogen (secondary N) is 1. The number of rotatable bonds is 3. The molecule has 0 aliphatic heterocycles. The number of carbonyl (C=O) groups is 1. The first kappa shape index (κ1) is 13.9. The normalized spacial score (nSPS) is 25.8. The Morgan fingerprint density at radius 3 is 2.58 bits per heavy atom. The van der Waals surface area contributed by atoms with Crippen LogP contribution in [0.3, 0.4) is 0 Å². The average Bonchev–Trinajstić information content (AvgIpc) is 3.02. The minimum atomic E-state index is -0.566. The van der Waals surface area contributed by atoms with Gasteiger partial charge in [-0.25, -0.2) is 4.79 Å². The van der Waals surface area contributed by atoms with Gasteiger partial charge < -0.3 is 15.2 Å². The summed E-state index contributed by atoms with van der Waals surface area (Å²) in [6, 6.07) is 9.90. The molecule has 0 heterocycles. The van der Waals surface area contributed by atoms with Crippen molar-refractivity contribution >= 4 is 6.09 Å². The van der Waals surface area contributed by atoms with Crippen molar-refractivity contribution in [2.75, 3.05) is 6.61 Å². The average molecular weight is 263 g/mol. The maximum atomic E-state index is 11.8. The van der Waals surface area contributed by atoms with Gasteiger partial charge in [-0.15, -0.1) is 0 Å². The maximum absolute atomic E-state index is 11.8. The highest BCUT2D eigenvalue weighted by Gasteiger charge is 2.56. The fraction of sp³-hybridized carbons (Fsp3) is 0.533. The van der Waals surface area contributed by atoms with Gasteiger partial charge in [0.25, 0.3) is 0 Å². The van der Waals surface area contributed by atoms with Crippen LogP contribution >= 0.6 is 0 Å². The lowest BCUT2D eigenvalue weighted by atomic mass is 10.1. The summed E-state index contributed by atoms with van der Waals surface area (Å²) in [6.45, 7) is 5.38. The number of aliphatic hydroxyl groups is 1. The molecule has 2 atom stereocenters. The van der Waals surface area contributed by atoms with Gasteiger partial charge in [-0.05, 0) is 32.8 Å². The fourth-order valence-corrected chi connectivity index (χ4v) is 2.29. The fourth-order valence-electron chi connectivity index (χ4n) is 2.29. The molecular weight excluding hydrogens is 242 g/mol. The Balaban J connectivity index is 2.01. The second-order valence-electron chi connectivity index (χ2n) is 6.11. The summed E-state index contributed by atoms with van der Waals surface area (Å²) >= 11 is 0. The van der Waals surface area contributed by atoms with E-state index in [4.69, 9.17) is 4.74 Å². The van der Waals surface area contributed by atoms with Crippen LogP contribution in [0.25, 0.3) is 0 Å². The van der Waals surface area contributed by atoms with Gasteiger partial charge in [0.05, 0.1) is 12.1 Å². The molecule has 2 rings (SSSR count). The van der Waals surface area contributed by atoms with Crippen LogP contribution in [-0.4, -0.2) is 28.9 Å². The molecule has 1 aliphatic carbocycles. The minimum Gasteiger partial charge on any atom is -0.444 e. The number of aliphatic hydroxyl groups excluding tert-OH is 1. The van der Waals surface area contributed by atoms with Crippen molar-refractivity contribution in [1.29, 1.82) is 0 Å². The van der Waals surface area contributed by atoms with Gasteiger partial charge in [0, 0.05) is 5.92 Å². The van der Waals surface area contributed by atoms with E-state index in [1.165, 1.54) is 0 Å². The third-order valence-corrected chi connectivity index (χ3v) is 3.31. The van der Waals surface area contributed by atoms with Crippen molar-refractivity contribution in [3.8, 4) is 0 Å². The summed E-state index contributed by atoms with van der Waals surface area (Å²) in [5.41, 5.74) is 0.0364. The summed E-state index contributed by atoms with van der Waals surface area (Å²) in [5.74, 6) is 0.159. The van der Waals surface area contributed by atoms with Crippen LogP contribution in [0.2, 0.25) is 0 Å². The molecular formula is C15H21NO3. The van der Waals surface area contributed by atoms with Crippen molar-refractivity contribution in [3.05, 3.63) is 35.9 Å². The number of ether oxygens (including phenoxy) is 1. The topological polar surface area (TPSA) is 58.6 Å². The van der Waals surface area contributed by atoms with Gasteiger partial charge in [0.2, 0.25) is 0 Å². The Kier molecular flexibility index (Phi) is 3.54. The number of hydrogen-bond acceptors (Lipinski definition) is 3. The molecule has 4 heteroatoms. The largest absolute Gasteiger partial charge is 0.444 e. The maximum Gasteiger partial charge on any atom is 0.408 e. The summed E-state index contributed by atoms with van der Waals surface area (Å²) in [4.78, 5) is 11.8. The van der Waals surface area contributed by atoms with Crippen molar-refractivity contribution < 1.29 is 14.6 Å². The molecule has 4 nitrogen and oxygen atoms in total. The number of benzene rings is 1. The highest BCUT2D eigenvalue weighted by atomic mass is 16.6. The third kappa shape index (κ3) is 3.26. The molecule has 0 saturated heterocycles. The van der Waals surface area contributed by atoms with Crippen LogP contribution in [0.15, 0.2) is 30.3 Å². The smallest absolute Gasteiger partial charge is 0.408 e. The molecule has 1 aliphatic rings. The predicted octanol–water partition coefficient (Wildman–Crippen LogP) is 2.43. The van der Waals surface area contributed by atoms with Gasteiger partial charge in [-0.3, -0.25) is 0 Å². The van der Waals surface area contributed by atoms with E-state index in [9.17, 15) is 9.90 Å². The van der Waals surface area contributed by atoms with Crippen LogP contribution in [-0.2, 0) is 4.74 Å². The van der Waals surface area contributed by atoms with Crippen molar-refractivity contribution in [3.63, 3.8) is 0 Å². The number of alkyl carbamates (subject to hydrolysis) is 1. The van der Waals surface area contributed by atoms with Gasteiger partial charge >= 0.3 is 6.09 Å². The molecule has 0 aromatic heterocycles. The molecule has 0 radical (unpaired) electrons. The molecule has 1 saturated carbocycles. The molecule has 0 spiro atoms. The Morgan fingerprint density at radius 2 is 2.05 bits per heavy atom. The molecule has 1 aromatic carbocycles. The molecule has 1 amide bonds. The van der Waals surface area contributed by atoms with E-state index < -0.39 is 17.2 Å². The van der Waals surface area contributed by atoms with E-state index in [0.717, 1.165) is 12.0 Å². The van der Waals surface area contributed by atoms with E-state index in [1.807, 2.05) is 51.1 Å². The monoisotopic (exact) mass is 263 g/mol. The number of carbonyl (C=O) groups excluding carboxylic acids is 1. The Hall–Kier alpha value is -1.55. The van der Waals surface area contributed by atoms with E-state index in [0.29, 0.717) is 0 Å². The van der Waals surface area contributed by atoms with Crippen molar-refractivity contribution in [1.82, 2.24) is 5.32 Å². The molecule has 0 bridgehead atoms. The molecule has 19 heavy (non-hydrogen) atoms. The zero-order valence-corrected chi connectivity index (χ0v) is 11.6. The minimum absolute atomic E-state index is 0.0776. The third-order valence-electron chi connectivity index (χ3n) is 3.31. The van der Waals surface area contributed by atoms with Crippen LogP contribution in [0.1, 0.15) is 38.7 Å². The Bertz CT molecular complexity index is 452. The van der Waals surface area contributed by atoms with Crippen molar-refractivity contribution in [2.24, 2.45) is 0 Å². The van der Waals surface area contributed by atoms with Gasteiger partial charge in [-0.2, -0.15) is 0 Å². The van der Waals surface area contributed by atoms with Gasteiger partial charge in [0.1, 0.15) is 5.60 Å². The van der Waals surface area contributed by atoms with Crippen LogP contribution in [0, 0.1) is 0 Å². The second-order valence-corrected chi connectivity index (χ2v) is 6.11. The lowest BCUT2D eigenvalue weighted by molar-refractivity contribution is 0.0467. The highest BCUT2D eigenvalue weighted by molar-refractivity contribution is 5.70. The first-order valence-electron chi connectivity index (χ1n) is 6.53. The summed E-state index contributed by atoms with van der Waals surface area (Å²) < 4.78 is 5.24. The number of amides is 1. The highest BCUT2D eigenvalue weighted by Crippen LogP contribution is 2.51. The van der Waals surface area contributed by atoms with Gasteiger partial charge in [0.15, 0.2) is 0 Å². The van der Waals surface area contributed by atoms with Crippen LogP contribution in [0.4, 0.5) is 4.79 Å². The Labute approximate surface area is 113 Å². The molecule has 1 aromatic rings. The summed E-state index contributed by atoms with van der Waals surface area (Å²) in [6.07, 6.45) is 0.271. The molecule has 104 valence electrons. The Morgan fingerprint density at radius 1 is 1.42 bits per heavy atom. The lowest BCUT2D eigenvalue weighted by Crippen LogP contribution is -2.43. The molecule has 1 fully saturated rings. The summed E-state index contributed by atoms with van der Waals surface area (Å²) in [5, 5.41) is 12.4. The van der Waals surface area contributed by atoms with Crippen LogP contribution in [0.5, 0.6) is 0 Å². The standard InChI is InChI=1S/C15H21NO3/c1-14(2,3)19-13(18)16-15(10-17)9-12(15)11-7-5-4-6-8-11/h4-8,12,17H,9-10H2,1-3H3,(H,16,18). The first-order valence-corrected chi connectivity index (χ1v) is 6.53. The molecule has 2 N–H and O–H groups in total. The van der Waals surface area contributed by atoms with E-state index in [-0.39, 0.29) is 12.5 Å². The molecule has 2 unspecified atom stereocenters. The van der Waals surface area contributed by atoms with Crippen LogP contribution < -0.4 is 5.32 Å².